The summed E-state index contributed by atoms with van der Waals surface area (Å²) in [7, 11) is 0. The van der Waals surface area contributed by atoms with E-state index in [0.717, 1.165) is 36.4 Å². The van der Waals surface area contributed by atoms with Crippen LogP contribution in [0.5, 0.6) is 0 Å². The Kier molecular flexibility index (Phi) is 6.80. The molecular formula is C23H28N4. The maximum atomic E-state index is 4.76. The zero-order valence-electron chi connectivity index (χ0n) is 16.2. The first-order valence-corrected chi connectivity index (χ1v) is 9.67. The molecule has 0 spiro atoms. The number of fused-ring (bicyclic) bond motifs is 1. The van der Waals surface area contributed by atoms with E-state index < -0.39 is 0 Å². The Morgan fingerprint density at radius 1 is 1.04 bits per heavy atom. The number of nitrogens with zero attached hydrogens (tertiary/aromatic N) is 2. The van der Waals surface area contributed by atoms with Gasteiger partial charge in [0.1, 0.15) is 0 Å². The van der Waals surface area contributed by atoms with Gasteiger partial charge in [-0.15, -0.1) is 0 Å². The fourth-order valence-corrected chi connectivity index (χ4v) is 3.12. The summed E-state index contributed by atoms with van der Waals surface area (Å²) in [4.78, 5) is 9.29. The lowest BCUT2D eigenvalue weighted by molar-refractivity contribution is 0.593. The van der Waals surface area contributed by atoms with E-state index in [2.05, 4.69) is 78.0 Å². The van der Waals surface area contributed by atoms with Crippen molar-refractivity contribution < 1.29 is 0 Å². The average Bonchev–Trinajstić information content (AvgIpc) is 2.71. The SMILES string of the molecule is CCNC(=NCc1nccc2ccccc12)NC(C)CCc1ccccc1. The largest absolute Gasteiger partial charge is 0.357 e. The molecule has 3 aromatic rings. The number of aliphatic imine (C=N–C) groups is 1. The molecule has 0 aliphatic heterocycles. The topological polar surface area (TPSA) is 49.3 Å². The molecular weight excluding hydrogens is 332 g/mol. The van der Waals surface area contributed by atoms with Crippen LogP contribution in [-0.2, 0) is 13.0 Å². The Labute approximate surface area is 161 Å². The van der Waals surface area contributed by atoms with Crippen molar-refractivity contribution in [2.75, 3.05) is 6.54 Å². The summed E-state index contributed by atoms with van der Waals surface area (Å²) in [6.45, 7) is 5.68. The number of hydrogen-bond donors (Lipinski definition) is 2. The standard InChI is InChI=1S/C23H28N4/c1-3-24-23(27-18(2)13-14-19-9-5-4-6-10-19)26-17-22-21-12-8-7-11-20(21)15-16-25-22/h4-12,15-16,18H,3,13-14,17H2,1-2H3,(H2,24,26,27). The summed E-state index contributed by atoms with van der Waals surface area (Å²) >= 11 is 0. The number of hydrogen-bond acceptors (Lipinski definition) is 2. The maximum absolute atomic E-state index is 4.76. The van der Waals surface area contributed by atoms with E-state index in [-0.39, 0.29) is 0 Å². The highest BCUT2D eigenvalue weighted by molar-refractivity contribution is 5.85. The average molecular weight is 361 g/mol. The van der Waals surface area contributed by atoms with E-state index in [9.17, 15) is 0 Å². The summed E-state index contributed by atoms with van der Waals surface area (Å²) < 4.78 is 0. The fourth-order valence-electron chi connectivity index (χ4n) is 3.12. The number of aromatic nitrogens is 1. The van der Waals surface area contributed by atoms with Gasteiger partial charge in [0.05, 0.1) is 12.2 Å². The number of guanidine groups is 1. The number of benzene rings is 2. The molecule has 140 valence electrons. The number of aryl methyl sites for hydroxylation is 1. The van der Waals surface area contributed by atoms with Crippen LogP contribution >= 0.6 is 0 Å². The quantitative estimate of drug-likeness (QED) is 0.487. The number of nitrogens with one attached hydrogen (secondary N) is 2. The van der Waals surface area contributed by atoms with Crippen molar-refractivity contribution in [1.82, 2.24) is 15.6 Å². The molecule has 1 heterocycles. The van der Waals surface area contributed by atoms with E-state index in [1.54, 1.807) is 0 Å². The van der Waals surface area contributed by atoms with Crippen LogP contribution in [0.25, 0.3) is 10.8 Å². The summed E-state index contributed by atoms with van der Waals surface area (Å²) in [5, 5.41) is 9.22. The molecule has 0 radical (unpaired) electrons. The number of rotatable bonds is 7. The minimum atomic E-state index is 0.337. The van der Waals surface area contributed by atoms with Crippen molar-refractivity contribution in [1.29, 1.82) is 0 Å². The highest BCUT2D eigenvalue weighted by Crippen LogP contribution is 2.16. The lowest BCUT2D eigenvalue weighted by Gasteiger charge is -2.18. The van der Waals surface area contributed by atoms with Crippen LogP contribution in [0.2, 0.25) is 0 Å². The highest BCUT2D eigenvalue weighted by Gasteiger charge is 2.07. The number of pyridine rings is 1. The summed E-state index contributed by atoms with van der Waals surface area (Å²) in [5.41, 5.74) is 2.37. The summed E-state index contributed by atoms with van der Waals surface area (Å²) in [5.74, 6) is 0.841. The Morgan fingerprint density at radius 2 is 1.81 bits per heavy atom. The molecule has 3 rings (SSSR count). The van der Waals surface area contributed by atoms with Crippen LogP contribution in [0.15, 0.2) is 71.9 Å². The molecule has 1 unspecified atom stereocenters. The normalized spacial score (nSPS) is 12.7. The molecule has 2 aromatic carbocycles. The molecule has 0 bridgehead atoms. The Balaban J connectivity index is 1.63. The molecule has 4 heteroatoms. The van der Waals surface area contributed by atoms with Crippen LogP contribution < -0.4 is 10.6 Å². The van der Waals surface area contributed by atoms with Crippen molar-refractivity contribution in [3.05, 3.63) is 78.1 Å². The third kappa shape index (κ3) is 5.55. The predicted molar refractivity (Wildman–Crippen MR) is 114 cm³/mol. The van der Waals surface area contributed by atoms with Gasteiger partial charge in [-0.05, 0) is 43.7 Å². The molecule has 4 nitrogen and oxygen atoms in total. The van der Waals surface area contributed by atoms with Gasteiger partial charge in [0, 0.05) is 24.2 Å². The first-order valence-electron chi connectivity index (χ1n) is 9.67. The van der Waals surface area contributed by atoms with E-state index in [4.69, 9.17) is 4.99 Å². The van der Waals surface area contributed by atoms with Gasteiger partial charge < -0.3 is 10.6 Å². The third-order valence-electron chi connectivity index (χ3n) is 4.58. The smallest absolute Gasteiger partial charge is 0.191 e. The van der Waals surface area contributed by atoms with E-state index in [0.29, 0.717) is 12.6 Å². The lowest BCUT2D eigenvalue weighted by Crippen LogP contribution is -2.42. The minimum absolute atomic E-state index is 0.337. The molecule has 0 amide bonds. The van der Waals surface area contributed by atoms with Crippen LogP contribution in [0.4, 0.5) is 0 Å². The van der Waals surface area contributed by atoms with Gasteiger partial charge in [0.2, 0.25) is 0 Å². The second kappa shape index (κ2) is 9.72. The van der Waals surface area contributed by atoms with Gasteiger partial charge in [-0.25, -0.2) is 4.99 Å². The van der Waals surface area contributed by atoms with Gasteiger partial charge in [-0.2, -0.15) is 0 Å². The molecule has 0 aliphatic rings. The monoisotopic (exact) mass is 360 g/mol. The van der Waals surface area contributed by atoms with E-state index in [1.807, 2.05) is 18.3 Å². The first-order chi connectivity index (χ1) is 13.3. The molecule has 0 aliphatic carbocycles. The van der Waals surface area contributed by atoms with Crippen LogP contribution in [0, 0.1) is 0 Å². The second-order valence-corrected chi connectivity index (χ2v) is 6.74. The maximum Gasteiger partial charge on any atom is 0.191 e. The van der Waals surface area contributed by atoms with Crippen molar-refractivity contribution >= 4 is 16.7 Å². The zero-order chi connectivity index (χ0) is 18.9. The molecule has 0 fully saturated rings. The van der Waals surface area contributed by atoms with Crippen LogP contribution in [-0.4, -0.2) is 23.5 Å². The van der Waals surface area contributed by atoms with Crippen LogP contribution in [0.3, 0.4) is 0 Å². The van der Waals surface area contributed by atoms with Gasteiger partial charge in [-0.1, -0.05) is 54.6 Å². The summed E-state index contributed by atoms with van der Waals surface area (Å²) in [6, 6.07) is 21.3. The summed E-state index contributed by atoms with van der Waals surface area (Å²) in [6.07, 6.45) is 3.97. The highest BCUT2D eigenvalue weighted by atomic mass is 15.2. The molecule has 27 heavy (non-hydrogen) atoms. The molecule has 0 saturated heterocycles. The Hall–Kier alpha value is -2.88. The van der Waals surface area contributed by atoms with Gasteiger partial charge in [0.15, 0.2) is 5.96 Å². The fraction of sp³-hybridized carbons (Fsp3) is 0.304. The lowest BCUT2D eigenvalue weighted by atomic mass is 10.1. The van der Waals surface area contributed by atoms with E-state index >= 15 is 0 Å². The van der Waals surface area contributed by atoms with Crippen molar-refractivity contribution in [3.8, 4) is 0 Å². The minimum Gasteiger partial charge on any atom is -0.357 e. The van der Waals surface area contributed by atoms with E-state index in [1.165, 1.54) is 10.9 Å². The van der Waals surface area contributed by atoms with Crippen LogP contribution in [0.1, 0.15) is 31.5 Å². The van der Waals surface area contributed by atoms with Crippen molar-refractivity contribution in [3.63, 3.8) is 0 Å². The van der Waals surface area contributed by atoms with Gasteiger partial charge >= 0.3 is 0 Å². The van der Waals surface area contributed by atoms with Gasteiger partial charge in [-0.3, -0.25) is 4.98 Å². The Bertz CT molecular complexity index is 868. The Morgan fingerprint density at radius 3 is 2.63 bits per heavy atom. The predicted octanol–water partition coefficient (Wildman–Crippen LogP) is 4.31. The molecule has 1 atom stereocenters. The second-order valence-electron chi connectivity index (χ2n) is 6.74. The van der Waals surface area contributed by atoms with Crippen molar-refractivity contribution in [2.24, 2.45) is 4.99 Å². The van der Waals surface area contributed by atoms with Gasteiger partial charge in [0.25, 0.3) is 0 Å². The molecule has 0 saturated carbocycles. The zero-order valence-corrected chi connectivity index (χ0v) is 16.2. The van der Waals surface area contributed by atoms with Crippen molar-refractivity contribution in [2.45, 2.75) is 39.3 Å². The molecule has 2 N–H and O–H groups in total. The third-order valence-corrected chi connectivity index (χ3v) is 4.58. The first kappa shape index (κ1) is 18.9. The molecule has 1 aromatic heterocycles.